The highest BCUT2D eigenvalue weighted by Gasteiger charge is 2.10. The zero-order chi connectivity index (χ0) is 16.0. The molecule has 0 saturated heterocycles. The fraction of sp³-hybridized carbons (Fsp3) is 0.250. The maximum absolute atomic E-state index is 12.0. The molecule has 118 valence electrons. The predicted molar refractivity (Wildman–Crippen MR) is 91.4 cm³/mol. The zero-order valence-corrected chi connectivity index (χ0v) is 14.7. The number of sulfonamides is 1. The normalized spacial score (nSPS) is 11.4. The molecule has 2 aromatic carbocycles. The number of rotatable bonds is 7. The van der Waals surface area contributed by atoms with Crippen molar-refractivity contribution in [1.29, 1.82) is 0 Å². The number of hydrogen-bond donors (Lipinski definition) is 1. The van der Waals surface area contributed by atoms with Crippen LogP contribution in [0.15, 0.2) is 53.0 Å². The van der Waals surface area contributed by atoms with E-state index in [9.17, 15) is 8.42 Å². The summed E-state index contributed by atoms with van der Waals surface area (Å²) in [4.78, 5) is 0. The average Bonchev–Trinajstić information content (AvgIpc) is 2.48. The Hall–Kier alpha value is -1.37. The Balaban J connectivity index is 1.77. The van der Waals surface area contributed by atoms with Gasteiger partial charge < -0.3 is 4.74 Å². The topological polar surface area (TPSA) is 55.4 Å². The van der Waals surface area contributed by atoms with Gasteiger partial charge >= 0.3 is 0 Å². The van der Waals surface area contributed by atoms with Gasteiger partial charge in [0.15, 0.2) is 0 Å². The first-order chi connectivity index (χ1) is 10.4. The van der Waals surface area contributed by atoms with Crippen LogP contribution in [0.2, 0.25) is 0 Å². The number of ether oxygens (including phenoxy) is 1. The van der Waals surface area contributed by atoms with Crippen LogP contribution in [-0.2, 0) is 15.8 Å². The summed E-state index contributed by atoms with van der Waals surface area (Å²) < 4.78 is 32.9. The third-order valence-electron chi connectivity index (χ3n) is 2.98. The van der Waals surface area contributed by atoms with Gasteiger partial charge in [0.05, 0.1) is 5.75 Å². The van der Waals surface area contributed by atoms with E-state index in [1.807, 2.05) is 43.3 Å². The van der Waals surface area contributed by atoms with Gasteiger partial charge in [0.1, 0.15) is 12.4 Å². The maximum atomic E-state index is 12.0. The van der Waals surface area contributed by atoms with Crippen LogP contribution in [0.4, 0.5) is 0 Å². The molecule has 2 rings (SSSR count). The van der Waals surface area contributed by atoms with Crippen LogP contribution in [0.3, 0.4) is 0 Å². The Bertz CT molecular complexity index is 697. The summed E-state index contributed by atoms with van der Waals surface area (Å²) in [6, 6.07) is 14.9. The lowest BCUT2D eigenvalue weighted by Gasteiger charge is -2.09. The fourth-order valence-electron chi connectivity index (χ4n) is 1.85. The van der Waals surface area contributed by atoms with Crippen molar-refractivity contribution in [1.82, 2.24) is 4.72 Å². The highest BCUT2D eigenvalue weighted by atomic mass is 79.9. The summed E-state index contributed by atoms with van der Waals surface area (Å²) in [6.07, 6.45) is 0. The van der Waals surface area contributed by atoms with E-state index < -0.39 is 10.0 Å². The van der Waals surface area contributed by atoms with Crippen LogP contribution in [-0.4, -0.2) is 21.6 Å². The molecule has 0 aromatic heterocycles. The average molecular weight is 384 g/mol. The van der Waals surface area contributed by atoms with E-state index in [-0.39, 0.29) is 12.3 Å². The minimum atomic E-state index is -3.35. The summed E-state index contributed by atoms with van der Waals surface area (Å²) >= 11 is 3.32. The zero-order valence-electron chi connectivity index (χ0n) is 12.3. The Morgan fingerprint density at radius 1 is 1.05 bits per heavy atom. The summed E-state index contributed by atoms with van der Waals surface area (Å²) in [5.74, 6) is 0.697. The van der Waals surface area contributed by atoms with E-state index in [1.165, 1.54) is 0 Å². The molecule has 4 nitrogen and oxygen atoms in total. The molecule has 0 spiro atoms. The predicted octanol–water partition coefficient (Wildman–Crippen LogP) is 3.26. The van der Waals surface area contributed by atoms with Crippen molar-refractivity contribution in [3.05, 3.63) is 64.1 Å². The second-order valence-electron chi connectivity index (χ2n) is 4.94. The molecule has 0 saturated carbocycles. The lowest BCUT2D eigenvalue weighted by atomic mass is 10.2. The van der Waals surface area contributed by atoms with Crippen molar-refractivity contribution >= 4 is 26.0 Å². The molecule has 6 heteroatoms. The first-order valence-electron chi connectivity index (χ1n) is 6.86. The van der Waals surface area contributed by atoms with Gasteiger partial charge in [-0.3, -0.25) is 0 Å². The minimum Gasteiger partial charge on any atom is -0.492 e. The molecule has 2 aromatic rings. The Morgan fingerprint density at radius 3 is 2.32 bits per heavy atom. The Labute approximate surface area is 139 Å². The lowest BCUT2D eigenvalue weighted by Crippen LogP contribution is -2.29. The van der Waals surface area contributed by atoms with Gasteiger partial charge in [0.2, 0.25) is 10.0 Å². The highest BCUT2D eigenvalue weighted by Crippen LogP contribution is 2.13. The number of benzene rings is 2. The van der Waals surface area contributed by atoms with Crippen molar-refractivity contribution in [3.63, 3.8) is 0 Å². The van der Waals surface area contributed by atoms with Crippen LogP contribution in [0.5, 0.6) is 5.75 Å². The van der Waals surface area contributed by atoms with Gasteiger partial charge in [-0.25, -0.2) is 13.1 Å². The molecule has 0 aliphatic heterocycles. The monoisotopic (exact) mass is 383 g/mol. The molecular formula is C16H18BrNO3S. The number of aryl methyl sites for hydroxylation is 1. The van der Waals surface area contributed by atoms with Gasteiger partial charge in [-0.1, -0.05) is 45.8 Å². The van der Waals surface area contributed by atoms with Crippen molar-refractivity contribution in [2.75, 3.05) is 13.2 Å². The summed E-state index contributed by atoms with van der Waals surface area (Å²) in [5, 5.41) is 0. The molecule has 0 bridgehead atoms. The van der Waals surface area contributed by atoms with Gasteiger partial charge in [-0.15, -0.1) is 0 Å². The third-order valence-corrected chi connectivity index (χ3v) is 4.87. The standard InChI is InChI=1S/C16H18BrNO3S/c1-13-2-8-16(9-3-13)21-11-10-18-22(19,20)12-14-4-6-15(17)7-5-14/h2-9,18H,10-12H2,1H3. The molecule has 0 unspecified atom stereocenters. The lowest BCUT2D eigenvalue weighted by molar-refractivity contribution is 0.322. The smallest absolute Gasteiger partial charge is 0.215 e. The van der Waals surface area contributed by atoms with E-state index in [2.05, 4.69) is 20.7 Å². The quantitative estimate of drug-likeness (QED) is 0.746. The molecule has 1 N–H and O–H groups in total. The molecular weight excluding hydrogens is 366 g/mol. The number of nitrogens with one attached hydrogen (secondary N) is 1. The van der Waals surface area contributed by atoms with E-state index in [4.69, 9.17) is 4.74 Å². The molecule has 0 amide bonds. The van der Waals surface area contributed by atoms with Crippen LogP contribution in [0.25, 0.3) is 0 Å². The molecule has 0 aliphatic carbocycles. The van der Waals surface area contributed by atoms with Crippen LogP contribution < -0.4 is 9.46 Å². The summed E-state index contributed by atoms with van der Waals surface area (Å²) in [7, 11) is -3.35. The van der Waals surface area contributed by atoms with E-state index in [0.29, 0.717) is 6.61 Å². The van der Waals surface area contributed by atoms with Gasteiger partial charge in [0.25, 0.3) is 0 Å². The number of halogens is 1. The first-order valence-corrected chi connectivity index (χ1v) is 9.30. The van der Waals surface area contributed by atoms with Gasteiger partial charge in [-0.2, -0.15) is 0 Å². The maximum Gasteiger partial charge on any atom is 0.215 e. The second-order valence-corrected chi connectivity index (χ2v) is 7.66. The van der Waals surface area contributed by atoms with E-state index in [1.54, 1.807) is 12.1 Å². The minimum absolute atomic E-state index is 0.0369. The second kappa shape index (κ2) is 7.76. The SMILES string of the molecule is Cc1ccc(OCCNS(=O)(=O)Cc2ccc(Br)cc2)cc1. The van der Waals surface area contributed by atoms with E-state index in [0.717, 1.165) is 21.3 Å². The molecule has 0 atom stereocenters. The molecule has 0 radical (unpaired) electrons. The molecule has 0 heterocycles. The van der Waals surface area contributed by atoms with Crippen LogP contribution in [0.1, 0.15) is 11.1 Å². The summed E-state index contributed by atoms with van der Waals surface area (Å²) in [6.45, 7) is 2.54. The van der Waals surface area contributed by atoms with E-state index >= 15 is 0 Å². The molecule has 0 aliphatic rings. The first kappa shape index (κ1) is 17.0. The molecule has 22 heavy (non-hydrogen) atoms. The van der Waals surface area contributed by atoms with Crippen molar-refractivity contribution < 1.29 is 13.2 Å². The van der Waals surface area contributed by atoms with Gasteiger partial charge in [0, 0.05) is 11.0 Å². The largest absolute Gasteiger partial charge is 0.492 e. The van der Waals surface area contributed by atoms with Crippen molar-refractivity contribution in [3.8, 4) is 5.75 Å². The van der Waals surface area contributed by atoms with Crippen LogP contribution in [0, 0.1) is 6.92 Å². The number of hydrogen-bond acceptors (Lipinski definition) is 3. The third kappa shape index (κ3) is 5.79. The van der Waals surface area contributed by atoms with Gasteiger partial charge in [-0.05, 0) is 36.8 Å². The Kier molecular flexibility index (Phi) is 5.99. The van der Waals surface area contributed by atoms with Crippen LogP contribution >= 0.6 is 15.9 Å². The van der Waals surface area contributed by atoms with Crippen molar-refractivity contribution in [2.45, 2.75) is 12.7 Å². The molecule has 0 fully saturated rings. The highest BCUT2D eigenvalue weighted by molar-refractivity contribution is 9.10. The fourth-order valence-corrected chi connectivity index (χ4v) is 3.24. The Morgan fingerprint density at radius 2 is 1.68 bits per heavy atom. The summed E-state index contributed by atoms with van der Waals surface area (Å²) in [5.41, 5.74) is 1.90. The van der Waals surface area contributed by atoms with Crippen molar-refractivity contribution in [2.24, 2.45) is 0 Å².